The van der Waals surface area contributed by atoms with Gasteiger partial charge in [-0.2, -0.15) is 0 Å². The number of esters is 1. The quantitative estimate of drug-likeness (QED) is 0.275. The highest BCUT2D eigenvalue weighted by Crippen LogP contribution is 2.38. The van der Waals surface area contributed by atoms with Crippen LogP contribution >= 0.6 is 34.8 Å². The monoisotopic (exact) mass is 505 g/mol. The first-order valence-electron chi connectivity index (χ1n) is 9.57. The van der Waals surface area contributed by atoms with Gasteiger partial charge in [-0.1, -0.05) is 46.9 Å². The molecule has 0 fully saturated rings. The van der Waals surface area contributed by atoms with E-state index in [-0.39, 0.29) is 29.0 Å². The van der Waals surface area contributed by atoms with Gasteiger partial charge in [0.2, 0.25) is 5.90 Å². The van der Waals surface area contributed by atoms with Gasteiger partial charge in [0.25, 0.3) is 0 Å². The third-order valence-electron chi connectivity index (χ3n) is 4.63. The van der Waals surface area contributed by atoms with Crippen LogP contribution in [0.3, 0.4) is 0 Å². The molecule has 0 saturated carbocycles. The Balaban J connectivity index is 1.60. The molecule has 0 bridgehead atoms. The van der Waals surface area contributed by atoms with E-state index >= 15 is 0 Å². The molecule has 4 rings (SSSR count). The van der Waals surface area contributed by atoms with Crippen molar-refractivity contribution < 1.29 is 23.4 Å². The van der Waals surface area contributed by atoms with E-state index in [1.165, 1.54) is 31.4 Å². The lowest BCUT2D eigenvalue weighted by Crippen LogP contribution is -2.05. The Morgan fingerprint density at radius 3 is 2.48 bits per heavy atom. The van der Waals surface area contributed by atoms with Crippen molar-refractivity contribution in [3.05, 3.63) is 97.9 Å². The Morgan fingerprint density at radius 2 is 1.79 bits per heavy atom. The van der Waals surface area contributed by atoms with Gasteiger partial charge in [0.05, 0.1) is 22.7 Å². The maximum Gasteiger partial charge on any atom is 0.363 e. The molecule has 0 aliphatic carbocycles. The maximum atomic E-state index is 13.1. The summed E-state index contributed by atoms with van der Waals surface area (Å²) in [6, 6.07) is 13.9. The lowest BCUT2D eigenvalue weighted by molar-refractivity contribution is -0.129. The number of hydrogen-bond acceptors (Lipinski definition) is 5. The molecule has 0 aromatic heterocycles. The minimum Gasteiger partial charge on any atom is -0.493 e. The molecule has 0 saturated heterocycles. The van der Waals surface area contributed by atoms with Crippen LogP contribution in [0.4, 0.5) is 4.39 Å². The Hall–Kier alpha value is -3.06. The number of aliphatic imine (C=N–C) groups is 1. The van der Waals surface area contributed by atoms with Crippen LogP contribution in [-0.2, 0) is 16.1 Å². The summed E-state index contributed by atoms with van der Waals surface area (Å²) in [6.07, 6.45) is 1.51. The first kappa shape index (κ1) is 23.1. The second-order valence-corrected chi connectivity index (χ2v) is 8.16. The van der Waals surface area contributed by atoms with Gasteiger partial charge >= 0.3 is 5.97 Å². The van der Waals surface area contributed by atoms with E-state index in [0.717, 1.165) is 5.56 Å². The summed E-state index contributed by atoms with van der Waals surface area (Å²) in [7, 11) is 1.47. The fourth-order valence-electron chi connectivity index (χ4n) is 3.04. The normalized spacial score (nSPS) is 14.3. The first-order chi connectivity index (χ1) is 15.8. The number of carbonyl (C=O) groups excluding carboxylic acids is 1. The van der Waals surface area contributed by atoms with E-state index in [0.29, 0.717) is 32.7 Å². The van der Waals surface area contributed by atoms with Crippen LogP contribution in [0.15, 0.2) is 65.3 Å². The van der Waals surface area contributed by atoms with Crippen molar-refractivity contribution in [3.63, 3.8) is 0 Å². The van der Waals surface area contributed by atoms with E-state index in [4.69, 9.17) is 49.0 Å². The summed E-state index contributed by atoms with van der Waals surface area (Å²) in [4.78, 5) is 16.6. The van der Waals surface area contributed by atoms with Crippen molar-refractivity contribution in [3.8, 4) is 11.5 Å². The highest BCUT2D eigenvalue weighted by Gasteiger charge is 2.26. The summed E-state index contributed by atoms with van der Waals surface area (Å²) < 4.78 is 29.5. The zero-order valence-electron chi connectivity index (χ0n) is 17.1. The number of cyclic esters (lactones) is 1. The minimum absolute atomic E-state index is 0.0640. The largest absolute Gasteiger partial charge is 0.493 e. The van der Waals surface area contributed by atoms with E-state index in [1.54, 1.807) is 36.4 Å². The van der Waals surface area contributed by atoms with Crippen LogP contribution in [-0.4, -0.2) is 19.0 Å². The van der Waals surface area contributed by atoms with Crippen molar-refractivity contribution in [2.24, 2.45) is 4.99 Å². The number of carbonyl (C=O) groups is 1. The summed E-state index contributed by atoms with van der Waals surface area (Å²) in [5, 5.41) is 1.02. The number of ether oxygens (including phenoxy) is 3. The number of halogens is 4. The van der Waals surface area contributed by atoms with Crippen LogP contribution in [0.1, 0.15) is 16.7 Å². The molecule has 0 unspecified atom stereocenters. The number of hydrogen-bond donors (Lipinski definition) is 0. The van der Waals surface area contributed by atoms with Gasteiger partial charge in [-0.3, -0.25) is 0 Å². The lowest BCUT2D eigenvalue weighted by atomic mass is 10.1. The average molecular weight is 507 g/mol. The predicted molar refractivity (Wildman–Crippen MR) is 126 cm³/mol. The summed E-state index contributed by atoms with van der Waals surface area (Å²) in [6.45, 7) is 0.165. The highest BCUT2D eigenvalue weighted by atomic mass is 35.5. The topological polar surface area (TPSA) is 57.1 Å². The Bertz CT molecular complexity index is 1290. The van der Waals surface area contributed by atoms with Gasteiger partial charge in [0, 0.05) is 5.02 Å². The van der Waals surface area contributed by atoms with Gasteiger partial charge < -0.3 is 14.2 Å². The molecule has 1 heterocycles. The zero-order valence-corrected chi connectivity index (χ0v) is 19.3. The standard InChI is InChI=1S/C24H15Cl3FNO4/c1-31-21-10-14(8-19(27)22(21)32-12-13-2-5-16(28)6-3-13)9-20-24(30)33-23(29-20)17-7-4-15(25)11-18(17)26/h2-11H,12H2,1H3/b20-9-. The summed E-state index contributed by atoms with van der Waals surface area (Å²) >= 11 is 18.5. The molecule has 3 aromatic rings. The molecule has 1 aliphatic rings. The van der Waals surface area contributed by atoms with Crippen molar-refractivity contribution in [1.29, 1.82) is 0 Å². The van der Waals surface area contributed by atoms with E-state index in [2.05, 4.69) is 4.99 Å². The van der Waals surface area contributed by atoms with Crippen molar-refractivity contribution in [2.75, 3.05) is 7.11 Å². The summed E-state index contributed by atoms with van der Waals surface area (Å²) in [5.41, 5.74) is 1.81. The predicted octanol–water partition coefficient (Wildman–Crippen LogP) is 6.72. The minimum atomic E-state index is -0.636. The van der Waals surface area contributed by atoms with Crippen LogP contribution in [0.5, 0.6) is 11.5 Å². The van der Waals surface area contributed by atoms with Crippen molar-refractivity contribution in [2.45, 2.75) is 6.61 Å². The molecule has 9 heteroatoms. The van der Waals surface area contributed by atoms with Gasteiger partial charge in [-0.05, 0) is 59.7 Å². The fraction of sp³-hybridized carbons (Fsp3) is 0.0833. The maximum absolute atomic E-state index is 13.1. The lowest BCUT2D eigenvalue weighted by Gasteiger charge is -2.13. The van der Waals surface area contributed by atoms with E-state index in [9.17, 15) is 9.18 Å². The molecule has 3 aromatic carbocycles. The molecular formula is C24H15Cl3FNO4. The fourth-order valence-corrected chi connectivity index (χ4v) is 3.81. The molecule has 33 heavy (non-hydrogen) atoms. The second kappa shape index (κ2) is 9.83. The molecule has 168 valence electrons. The van der Waals surface area contributed by atoms with Crippen molar-refractivity contribution >= 4 is 52.7 Å². The van der Waals surface area contributed by atoms with Crippen LogP contribution in [0, 0.1) is 5.82 Å². The van der Waals surface area contributed by atoms with Gasteiger partial charge in [0.15, 0.2) is 17.2 Å². The molecule has 5 nitrogen and oxygen atoms in total. The number of nitrogens with zero attached hydrogens (tertiary/aromatic N) is 1. The SMILES string of the molecule is COc1cc(/C=C2\N=C(c3ccc(Cl)cc3Cl)OC2=O)cc(Cl)c1OCc1ccc(F)cc1. The van der Waals surface area contributed by atoms with Gasteiger partial charge in [-0.25, -0.2) is 14.2 Å². The molecule has 0 atom stereocenters. The third kappa shape index (κ3) is 5.30. The smallest absolute Gasteiger partial charge is 0.363 e. The summed E-state index contributed by atoms with van der Waals surface area (Å²) in [5.74, 6) is -0.223. The molecular weight excluding hydrogens is 492 g/mol. The van der Waals surface area contributed by atoms with E-state index in [1.807, 2.05) is 0 Å². The number of benzene rings is 3. The number of methoxy groups -OCH3 is 1. The van der Waals surface area contributed by atoms with E-state index < -0.39 is 5.97 Å². The van der Waals surface area contributed by atoms with Crippen LogP contribution < -0.4 is 9.47 Å². The number of rotatable bonds is 6. The Labute approximate surface area is 204 Å². The van der Waals surface area contributed by atoms with Crippen LogP contribution in [0.2, 0.25) is 15.1 Å². The molecule has 1 aliphatic heterocycles. The molecule has 0 amide bonds. The molecule has 0 N–H and O–H groups in total. The molecule has 0 spiro atoms. The van der Waals surface area contributed by atoms with Crippen LogP contribution in [0.25, 0.3) is 6.08 Å². The zero-order chi connectivity index (χ0) is 23.5. The second-order valence-electron chi connectivity index (χ2n) is 6.91. The van der Waals surface area contributed by atoms with Gasteiger partial charge in [-0.15, -0.1) is 0 Å². The Morgan fingerprint density at radius 1 is 1.03 bits per heavy atom. The van der Waals surface area contributed by atoms with Crippen molar-refractivity contribution in [1.82, 2.24) is 0 Å². The first-order valence-corrected chi connectivity index (χ1v) is 10.7. The third-order valence-corrected chi connectivity index (χ3v) is 5.46. The average Bonchev–Trinajstić information content (AvgIpc) is 3.13. The molecule has 0 radical (unpaired) electrons. The van der Waals surface area contributed by atoms with Gasteiger partial charge in [0.1, 0.15) is 12.4 Å². The highest BCUT2D eigenvalue weighted by molar-refractivity contribution is 6.37. The Kier molecular flexibility index (Phi) is 6.88.